The average Bonchev–Trinajstić information content (AvgIpc) is 2.56. The molecular formula is C20H31N3O4. The molecule has 0 aliphatic rings. The summed E-state index contributed by atoms with van der Waals surface area (Å²) >= 11 is 0. The van der Waals surface area contributed by atoms with E-state index in [-0.39, 0.29) is 19.1 Å². The molecule has 0 aliphatic heterocycles. The van der Waals surface area contributed by atoms with Crippen molar-refractivity contribution in [2.45, 2.75) is 46.3 Å². The third-order valence-corrected chi connectivity index (χ3v) is 3.37. The van der Waals surface area contributed by atoms with Crippen molar-refractivity contribution in [3.63, 3.8) is 0 Å². The van der Waals surface area contributed by atoms with Crippen molar-refractivity contribution >= 4 is 17.9 Å². The molecule has 0 bridgehead atoms. The molecule has 1 aromatic rings. The Kier molecular flexibility index (Phi) is 9.50. The predicted molar refractivity (Wildman–Crippen MR) is 106 cm³/mol. The number of benzene rings is 1. The van der Waals surface area contributed by atoms with Crippen LogP contribution in [0.15, 0.2) is 35.3 Å². The number of hydrogen-bond donors (Lipinski definition) is 1. The first kappa shape index (κ1) is 22.6. The van der Waals surface area contributed by atoms with Crippen LogP contribution in [0.25, 0.3) is 0 Å². The van der Waals surface area contributed by atoms with Crippen LogP contribution in [0.2, 0.25) is 0 Å². The lowest BCUT2D eigenvalue weighted by molar-refractivity contribution is -0.145. The lowest BCUT2D eigenvalue weighted by Crippen LogP contribution is -2.35. The van der Waals surface area contributed by atoms with Crippen molar-refractivity contribution in [3.8, 4) is 0 Å². The van der Waals surface area contributed by atoms with Crippen molar-refractivity contribution in [3.05, 3.63) is 35.9 Å². The third-order valence-electron chi connectivity index (χ3n) is 3.37. The summed E-state index contributed by atoms with van der Waals surface area (Å²) in [5.41, 5.74) is 0.429. The summed E-state index contributed by atoms with van der Waals surface area (Å²) in [6, 6.07) is 9.59. The highest BCUT2D eigenvalue weighted by Crippen LogP contribution is 2.06. The van der Waals surface area contributed by atoms with Crippen LogP contribution in [0.3, 0.4) is 0 Å². The number of amidine groups is 1. The van der Waals surface area contributed by atoms with E-state index in [0.717, 1.165) is 12.0 Å². The molecule has 0 spiro atoms. The smallest absolute Gasteiger partial charge is 0.413 e. The van der Waals surface area contributed by atoms with Crippen LogP contribution < -0.4 is 5.32 Å². The van der Waals surface area contributed by atoms with Crippen LogP contribution in [0, 0.1) is 0 Å². The second kappa shape index (κ2) is 11.3. The van der Waals surface area contributed by atoms with E-state index in [1.807, 2.05) is 42.3 Å². The zero-order chi connectivity index (χ0) is 20.3. The number of nitrogens with zero attached hydrogens (tertiary/aromatic N) is 2. The summed E-state index contributed by atoms with van der Waals surface area (Å²) in [6.07, 6.45) is 0.248. The summed E-state index contributed by atoms with van der Waals surface area (Å²) in [4.78, 5) is 29.6. The molecule has 0 fully saturated rings. The fourth-order valence-corrected chi connectivity index (χ4v) is 2.16. The molecule has 1 aromatic carbocycles. The number of esters is 1. The highest BCUT2D eigenvalue weighted by molar-refractivity contribution is 5.93. The molecule has 7 nitrogen and oxygen atoms in total. The first-order chi connectivity index (χ1) is 12.7. The van der Waals surface area contributed by atoms with Gasteiger partial charge in [-0.1, -0.05) is 30.3 Å². The highest BCUT2D eigenvalue weighted by Gasteiger charge is 2.16. The summed E-state index contributed by atoms with van der Waals surface area (Å²) in [6.45, 7) is 8.89. The molecule has 1 amide bonds. The Morgan fingerprint density at radius 2 is 1.85 bits per heavy atom. The monoisotopic (exact) mass is 377 g/mol. The lowest BCUT2D eigenvalue weighted by atomic mass is 10.2. The fourth-order valence-electron chi connectivity index (χ4n) is 2.16. The van der Waals surface area contributed by atoms with Crippen LogP contribution in [-0.4, -0.2) is 55.1 Å². The lowest BCUT2D eigenvalue weighted by Gasteiger charge is -2.19. The SMILES string of the molecule is CC(=NCCCN(C)CC(=O)OCc1ccccc1)NC(=O)OC(C)(C)C. The quantitative estimate of drug-likeness (QED) is 0.326. The first-order valence-electron chi connectivity index (χ1n) is 9.05. The topological polar surface area (TPSA) is 80.2 Å². The van der Waals surface area contributed by atoms with Gasteiger partial charge in [-0.25, -0.2) is 4.79 Å². The second-order valence-corrected chi connectivity index (χ2v) is 7.33. The maximum atomic E-state index is 11.9. The number of hydrogen-bond acceptors (Lipinski definition) is 6. The Morgan fingerprint density at radius 1 is 1.19 bits per heavy atom. The molecule has 0 aliphatic carbocycles. The van der Waals surface area contributed by atoms with Crippen LogP contribution in [0.1, 0.15) is 39.7 Å². The summed E-state index contributed by atoms with van der Waals surface area (Å²) < 4.78 is 10.4. The van der Waals surface area contributed by atoms with E-state index in [1.54, 1.807) is 27.7 Å². The highest BCUT2D eigenvalue weighted by atomic mass is 16.6. The Hall–Kier alpha value is -2.41. The normalized spacial score (nSPS) is 12.0. The minimum Gasteiger partial charge on any atom is -0.460 e. The van der Waals surface area contributed by atoms with Gasteiger partial charge in [0.2, 0.25) is 0 Å². The van der Waals surface area contributed by atoms with Gasteiger partial charge < -0.3 is 9.47 Å². The molecule has 1 N–H and O–H groups in total. The largest absolute Gasteiger partial charge is 0.460 e. The zero-order valence-electron chi connectivity index (χ0n) is 16.9. The van der Waals surface area contributed by atoms with E-state index in [4.69, 9.17) is 9.47 Å². The Morgan fingerprint density at radius 3 is 2.48 bits per heavy atom. The summed E-state index contributed by atoms with van der Waals surface area (Å²) in [5, 5.41) is 2.59. The van der Waals surface area contributed by atoms with E-state index in [9.17, 15) is 9.59 Å². The number of alkyl carbamates (subject to hydrolysis) is 1. The van der Waals surface area contributed by atoms with Gasteiger partial charge in [0.1, 0.15) is 18.0 Å². The zero-order valence-corrected chi connectivity index (χ0v) is 16.9. The average molecular weight is 377 g/mol. The summed E-state index contributed by atoms with van der Waals surface area (Å²) in [5.74, 6) is 0.252. The van der Waals surface area contributed by atoms with Crippen molar-refractivity contribution in [2.24, 2.45) is 4.99 Å². The molecule has 27 heavy (non-hydrogen) atoms. The molecule has 0 radical (unpaired) electrons. The van der Waals surface area contributed by atoms with Crippen LogP contribution >= 0.6 is 0 Å². The van der Waals surface area contributed by atoms with Gasteiger partial charge in [-0.05, 0) is 46.7 Å². The van der Waals surface area contributed by atoms with Gasteiger partial charge >= 0.3 is 12.1 Å². The predicted octanol–water partition coefficient (Wildman–Crippen LogP) is 2.99. The number of rotatable bonds is 8. The molecule has 1 rings (SSSR count). The van der Waals surface area contributed by atoms with Gasteiger partial charge in [-0.15, -0.1) is 0 Å². The van der Waals surface area contributed by atoms with Gasteiger partial charge in [-0.3, -0.25) is 20.0 Å². The molecule has 0 atom stereocenters. The van der Waals surface area contributed by atoms with E-state index in [2.05, 4.69) is 10.3 Å². The van der Waals surface area contributed by atoms with Crippen LogP contribution in [-0.2, 0) is 20.9 Å². The van der Waals surface area contributed by atoms with Gasteiger partial charge in [0.05, 0.1) is 6.54 Å². The number of aliphatic imine (C=N–C) groups is 1. The van der Waals surface area contributed by atoms with Gasteiger partial charge in [-0.2, -0.15) is 0 Å². The number of carbonyl (C=O) groups is 2. The number of amides is 1. The van der Waals surface area contributed by atoms with Gasteiger partial charge in [0.25, 0.3) is 0 Å². The Balaban J connectivity index is 2.19. The van der Waals surface area contributed by atoms with Gasteiger partial charge in [0, 0.05) is 13.1 Å². The second-order valence-electron chi connectivity index (χ2n) is 7.33. The molecule has 0 unspecified atom stereocenters. The molecule has 0 saturated carbocycles. The number of nitrogens with one attached hydrogen (secondary N) is 1. The fraction of sp³-hybridized carbons (Fsp3) is 0.550. The van der Waals surface area contributed by atoms with Crippen molar-refractivity contribution in [1.29, 1.82) is 0 Å². The molecule has 0 aromatic heterocycles. The van der Waals surface area contributed by atoms with Crippen molar-refractivity contribution in [2.75, 3.05) is 26.7 Å². The number of carbonyl (C=O) groups excluding carboxylic acids is 2. The van der Waals surface area contributed by atoms with Crippen LogP contribution in [0.4, 0.5) is 4.79 Å². The van der Waals surface area contributed by atoms with E-state index >= 15 is 0 Å². The minimum atomic E-state index is -0.539. The number of ether oxygens (including phenoxy) is 2. The van der Waals surface area contributed by atoms with E-state index < -0.39 is 11.7 Å². The minimum absolute atomic E-state index is 0.228. The van der Waals surface area contributed by atoms with Crippen LogP contribution in [0.5, 0.6) is 0 Å². The Bertz CT molecular complexity index is 624. The molecule has 0 saturated heterocycles. The van der Waals surface area contributed by atoms with Gasteiger partial charge in [0.15, 0.2) is 0 Å². The third kappa shape index (κ3) is 11.8. The molecule has 7 heteroatoms. The van der Waals surface area contributed by atoms with Crippen molar-refractivity contribution < 1.29 is 19.1 Å². The molecule has 150 valence electrons. The first-order valence-corrected chi connectivity index (χ1v) is 9.05. The Labute approximate surface area is 161 Å². The van der Waals surface area contributed by atoms with E-state index in [0.29, 0.717) is 18.9 Å². The maximum absolute atomic E-state index is 11.9. The van der Waals surface area contributed by atoms with Crippen molar-refractivity contribution in [1.82, 2.24) is 10.2 Å². The standard InChI is InChI=1S/C20H31N3O4/c1-16(22-19(25)27-20(2,3)4)21-12-9-13-23(5)14-18(24)26-15-17-10-7-6-8-11-17/h6-8,10-11H,9,12-15H2,1-5H3,(H,21,22,25). The number of likely N-dealkylation sites (N-methyl/N-ethyl adjacent to an activating group) is 1. The molecule has 0 heterocycles. The summed E-state index contributed by atoms with van der Waals surface area (Å²) in [7, 11) is 1.86. The molecular weight excluding hydrogens is 346 g/mol. The maximum Gasteiger partial charge on any atom is 0.413 e. The van der Waals surface area contributed by atoms with E-state index in [1.165, 1.54) is 0 Å².